The number of pyridine rings is 4. The largest absolute Gasteiger partial charge is 0.256 e. The van der Waals surface area contributed by atoms with E-state index in [9.17, 15) is 0 Å². The Balaban J connectivity index is 0.000000112. The van der Waals surface area contributed by atoms with Crippen molar-refractivity contribution in [2.45, 2.75) is 5.92 Å². The average molecular weight is 1820 g/mol. The minimum Gasteiger partial charge on any atom is -0.256 e. The van der Waals surface area contributed by atoms with E-state index in [2.05, 4.69) is 440 Å². The maximum atomic E-state index is 5.30. The van der Waals surface area contributed by atoms with Gasteiger partial charge in [-0.25, -0.2) is 44.9 Å². The molecule has 13 nitrogen and oxygen atoms in total. The molecule has 7 heterocycles. The fourth-order valence-electron chi connectivity index (χ4n) is 19.7. The van der Waals surface area contributed by atoms with Gasteiger partial charge in [-0.3, -0.25) is 19.9 Å². The van der Waals surface area contributed by atoms with Gasteiger partial charge < -0.3 is 0 Å². The molecule has 0 amide bonds. The van der Waals surface area contributed by atoms with E-state index in [-0.39, 0.29) is 5.92 Å². The molecular formula is C129H83N13. The molecule has 2 unspecified atom stereocenters. The van der Waals surface area contributed by atoms with Crippen LogP contribution in [-0.2, 0) is 0 Å². The number of aromatic nitrogens is 13. The third kappa shape index (κ3) is 16.8. The lowest BCUT2D eigenvalue weighted by molar-refractivity contribution is 0.687. The highest BCUT2D eigenvalue weighted by Gasteiger charge is 2.31. The quantitative estimate of drug-likeness (QED) is 0.0944. The molecule has 0 N–H and O–H groups in total. The van der Waals surface area contributed by atoms with Gasteiger partial charge in [-0.15, -0.1) is 0 Å². The Hall–Kier alpha value is -19.1. The molecule has 0 radical (unpaired) electrons. The molecule has 27 rings (SSSR count). The molecule has 0 saturated carbocycles. The van der Waals surface area contributed by atoms with Gasteiger partial charge in [-0.05, 0) is 136 Å². The van der Waals surface area contributed by atoms with Gasteiger partial charge in [0.2, 0.25) is 0 Å². The van der Waals surface area contributed by atoms with Crippen LogP contribution in [0.3, 0.4) is 0 Å². The molecule has 2 atom stereocenters. The van der Waals surface area contributed by atoms with Crippen molar-refractivity contribution >= 4 is 92.3 Å². The highest BCUT2D eigenvalue weighted by Crippen LogP contribution is 2.46. The minimum absolute atomic E-state index is 0.227. The smallest absolute Gasteiger partial charge is 0.164 e. The summed E-state index contributed by atoms with van der Waals surface area (Å²) in [6, 6.07) is 151. The normalized spacial score (nSPS) is 13.1. The third-order valence-corrected chi connectivity index (χ3v) is 26.9. The number of hydrogen-bond acceptors (Lipinski definition) is 13. The predicted octanol–water partition coefficient (Wildman–Crippen LogP) is 31.4. The molecule has 18 aromatic carbocycles. The van der Waals surface area contributed by atoms with Crippen molar-refractivity contribution in [3.63, 3.8) is 0 Å². The van der Waals surface area contributed by atoms with Gasteiger partial charge in [-0.1, -0.05) is 419 Å². The van der Waals surface area contributed by atoms with Crippen molar-refractivity contribution < 1.29 is 0 Å². The van der Waals surface area contributed by atoms with Gasteiger partial charge >= 0.3 is 0 Å². The highest BCUT2D eigenvalue weighted by atomic mass is 15.1. The van der Waals surface area contributed by atoms with Crippen molar-refractivity contribution in [3.8, 4) is 147 Å². The summed E-state index contributed by atoms with van der Waals surface area (Å²) in [4.78, 5) is 64.4. The maximum Gasteiger partial charge on any atom is 0.164 e. The van der Waals surface area contributed by atoms with Crippen molar-refractivity contribution in [1.29, 1.82) is 0 Å². The van der Waals surface area contributed by atoms with Crippen LogP contribution in [0, 0.1) is 5.92 Å². The molecule has 664 valence electrons. The van der Waals surface area contributed by atoms with E-state index in [1.807, 2.05) is 67.3 Å². The fourth-order valence-corrected chi connectivity index (χ4v) is 19.7. The van der Waals surface area contributed by atoms with Crippen LogP contribution in [0.5, 0.6) is 0 Å². The zero-order valence-corrected chi connectivity index (χ0v) is 76.7. The van der Waals surface area contributed by atoms with Crippen LogP contribution in [-0.4, -0.2) is 64.8 Å². The van der Waals surface area contributed by atoms with Crippen molar-refractivity contribution in [3.05, 3.63) is 509 Å². The highest BCUT2D eigenvalue weighted by molar-refractivity contribution is 6.13. The maximum absolute atomic E-state index is 5.30. The van der Waals surface area contributed by atoms with E-state index in [1.54, 1.807) is 0 Å². The minimum atomic E-state index is 0.227. The summed E-state index contributed by atoms with van der Waals surface area (Å²) in [6.07, 6.45) is 18.7. The number of hydrogen-bond donors (Lipinski definition) is 0. The van der Waals surface area contributed by atoms with Gasteiger partial charge in [0.05, 0.1) is 22.1 Å². The summed E-state index contributed by atoms with van der Waals surface area (Å²) in [7, 11) is 0. The van der Waals surface area contributed by atoms with Crippen molar-refractivity contribution in [2.24, 2.45) is 5.92 Å². The molecule has 13 heteroatoms. The zero-order valence-electron chi connectivity index (χ0n) is 76.7. The molecule has 0 spiro atoms. The van der Waals surface area contributed by atoms with Gasteiger partial charge in [0.25, 0.3) is 0 Å². The Labute approximate surface area is 819 Å². The molecule has 142 heavy (non-hydrogen) atoms. The van der Waals surface area contributed by atoms with Crippen LogP contribution in [0.15, 0.2) is 492 Å². The number of fused-ring (bicyclic) bond motifs is 12. The topological polar surface area (TPSA) is 168 Å². The lowest BCUT2D eigenvalue weighted by Gasteiger charge is -2.30. The van der Waals surface area contributed by atoms with Crippen LogP contribution in [0.4, 0.5) is 0 Å². The first-order chi connectivity index (χ1) is 70.3. The van der Waals surface area contributed by atoms with E-state index < -0.39 is 0 Å². The number of allylic oxidation sites excluding steroid dienone is 5. The number of para-hydroxylation sites is 4. The van der Waals surface area contributed by atoms with Crippen LogP contribution < -0.4 is 0 Å². The predicted molar refractivity (Wildman–Crippen MR) is 579 cm³/mol. The van der Waals surface area contributed by atoms with E-state index >= 15 is 0 Å². The molecule has 0 bridgehead atoms. The van der Waals surface area contributed by atoms with E-state index in [0.29, 0.717) is 58.3 Å². The number of rotatable bonds is 14. The van der Waals surface area contributed by atoms with Crippen LogP contribution >= 0.6 is 0 Å². The summed E-state index contributed by atoms with van der Waals surface area (Å²) in [6.45, 7) is 0. The van der Waals surface area contributed by atoms with E-state index in [1.165, 1.54) is 38.2 Å². The molecule has 2 aliphatic carbocycles. The molecule has 25 aromatic rings. The zero-order chi connectivity index (χ0) is 94.2. The molecule has 2 aliphatic rings. The second-order valence-electron chi connectivity index (χ2n) is 35.6. The molecule has 0 saturated heterocycles. The molecule has 7 aromatic heterocycles. The van der Waals surface area contributed by atoms with Gasteiger partial charge in [-0.2, -0.15) is 0 Å². The standard InChI is InChI=1S/C46H30N4.C45H29N5.C38H24N4/c1-4-14-35-31(11-1)26-41(39-18-8-6-16-37(35)39)45-48-44(30-23-21-29(22-24-30)34-25-33-13-3-10-20-43(33)47-28-34)49-46(50-45)42-27-32-12-2-5-15-36(32)38-17-7-9-19-40(38)42;1-2-8-30(9-3-1)31-16-22-36(23-17-31)43-48-44(37-24-18-32(19-25-37)39-14-4-10-34-12-6-28-46-41(34)39)50-45(49-43)38-26-20-33(21-27-38)40-15-5-11-35-13-7-29-47-42(35)40;1-3-9-30-23-32(20-14-25(30)7-1)37-40-36(41-38(42-37)33-21-15-26-8-2-4-10-31(26)24-33)29-18-16-27(17-19-29)34-13-5-11-28-12-6-22-39-35(28)34/h1-28,31,35H;1-29H;1-24H. The number of benzene rings is 18. The lowest BCUT2D eigenvalue weighted by Crippen LogP contribution is -2.17. The molecule has 0 aliphatic heterocycles. The van der Waals surface area contributed by atoms with Crippen LogP contribution in [0.2, 0.25) is 0 Å². The fraction of sp³-hybridized carbons (Fsp3) is 0.0155. The van der Waals surface area contributed by atoms with Gasteiger partial charge in [0, 0.05) is 131 Å². The first-order valence-electron chi connectivity index (χ1n) is 47.6. The average Bonchev–Trinajstić information content (AvgIpc) is 0.744. The summed E-state index contributed by atoms with van der Waals surface area (Å²) in [5.74, 6) is 6.29. The lowest BCUT2D eigenvalue weighted by atomic mass is 9.74. The monoisotopic (exact) mass is 1810 g/mol. The number of nitrogens with zero attached hydrogens (tertiary/aromatic N) is 13. The Bertz CT molecular complexity index is 9040. The van der Waals surface area contributed by atoms with Crippen molar-refractivity contribution in [2.75, 3.05) is 0 Å². The van der Waals surface area contributed by atoms with E-state index in [0.717, 1.165) is 165 Å². The summed E-state index contributed by atoms with van der Waals surface area (Å²) >= 11 is 0. The summed E-state index contributed by atoms with van der Waals surface area (Å²) < 4.78 is 0. The Morgan fingerprint density at radius 1 is 0.176 bits per heavy atom. The molecule has 0 fully saturated rings. The Morgan fingerprint density at radius 3 is 1.02 bits per heavy atom. The van der Waals surface area contributed by atoms with Crippen LogP contribution in [0.1, 0.15) is 22.9 Å². The second-order valence-corrected chi connectivity index (χ2v) is 35.6. The van der Waals surface area contributed by atoms with Crippen LogP contribution in [0.25, 0.3) is 239 Å². The Morgan fingerprint density at radius 2 is 0.514 bits per heavy atom. The van der Waals surface area contributed by atoms with Gasteiger partial charge in [0.15, 0.2) is 52.4 Å². The summed E-state index contributed by atoms with van der Waals surface area (Å²) in [5.41, 5.74) is 26.0. The Kier molecular flexibility index (Phi) is 22.2. The van der Waals surface area contributed by atoms with Crippen molar-refractivity contribution in [1.82, 2.24) is 64.8 Å². The second kappa shape index (κ2) is 37.2. The third-order valence-electron chi connectivity index (χ3n) is 26.9. The van der Waals surface area contributed by atoms with Gasteiger partial charge in [0.1, 0.15) is 0 Å². The summed E-state index contributed by atoms with van der Waals surface area (Å²) in [5, 5.41) is 13.8. The SMILES string of the molecule is C1=CC2C=C(c3nc(-c4ccc(-c5cnc6ccccc6c5)cc4)nc(-c4cc5ccccc5c5ccccc45)n3)c3ccccc3C2C=C1.c1ccc(-c2ccc(-c3nc(-c4ccc(-c5cccc6cccnc56)cc4)nc(-c4ccc(-c5cccc6cccnc56)cc4)n3)cc2)cc1.c1ccc2cc(-c3nc(-c4ccc(-c5cccc6cccnc56)cc4)nc(-c4ccc5ccccc5c4)n3)ccc2c1. The van der Waals surface area contributed by atoms with E-state index in [4.69, 9.17) is 49.8 Å². The first kappa shape index (κ1) is 84.6. The molecular weight excluding hydrogens is 1730 g/mol. The first-order valence-corrected chi connectivity index (χ1v) is 47.6.